The Morgan fingerprint density at radius 3 is 2.79 bits per heavy atom. The number of aromatic amines is 1. The summed E-state index contributed by atoms with van der Waals surface area (Å²) in [7, 11) is 0. The Hall–Kier alpha value is -3.42. The lowest BCUT2D eigenvalue weighted by atomic mass is 10.2. The largest absolute Gasteiger partial charge is 0.494 e. The summed E-state index contributed by atoms with van der Waals surface area (Å²) in [5, 5.41) is 3.00. The van der Waals surface area contributed by atoms with E-state index in [0.717, 1.165) is 12.2 Å². The van der Waals surface area contributed by atoms with E-state index in [9.17, 15) is 14.4 Å². The van der Waals surface area contributed by atoms with Gasteiger partial charge in [0.25, 0.3) is 11.5 Å². The third kappa shape index (κ3) is 4.46. The molecule has 2 N–H and O–H groups in total. The number of ether oxygens (including phenoxy) is 1. The first-order valence-electron chi connectivity index (χ1n) is 9.19. The molecule has 0 radical (unpaired) electrons. The Morgan fingerprint density at radius 2 is 2.04 bits per heavy atom. The maximum atomic E-state index is 12.3. The number of pyridine rings is 1. The summed E-state index contributed by atoms with van der Waals surface area (Å²) >= 11 is 0. The quantitative estimate of drug-likeness (QED) is 0.577. The number of fused-ring (bicyclic) bond motifs is 1. The van der Waals surface area contributed by atoms with Crippen molar-refractivity contribution in [1.29, 1.82) is 0 Å². The van der Waals surface area contributed by atoms with Gasteiger partial charge in [-0.25, -0.2) is 9.78 Å². The monoisotopic (exact) mass is 382 g/mol. The van der Waals surface area contributed by atoms with Crippen LogP contribution in [0.4, 0.5) is 0 Å². The Balaban J connectivity index is 1.64. The molecule has 8 nitrogen and oxygen atoms in total. The summed E-state index contributed by atoms with van der Waals surface area (Å²) < 4.78 is 6.97. The Kier molecular flexibility index (Phi) is 6.21. The van der Waals surface area contributed by atoms with Crippen molar-refractivity contribution in [2.75, 3.05) is 13.2 Å². The molecule has 0 aliphatic heterocycles. The minimum Gasteiger partial charge on any atom is -0.494 e. The third-order valence-corrected chi connectivity index (χ3v) is 4.16. The minimum absolute atomic E-state index is 0.216. The molecule has 0 saturated carbocycles. The van der Waals surface area contributed by atoms with Crippen molar-refractivity contribution in [1.82, 2.24) is 19.9 Å². The maximum absolute atomic E-state index is 12.3. The molecule has 1 amide bonds. The van der Waals surface area contributed by atoms with Crippen LogP contribution in [0.15, 0.2) is 52.2 Å². The highest BCUT2D eigenvalue weighted by Gasteiger charge is 2.12. The van der Waals surface area contributed by atoms with Crippen LogP contribution in [-0.2, 0) is 6.54 Å². The molecule has 0 fully saturated rings. The topological polar surface area (TPSA) is 106 Å². The third-order valence-electron chi connectivity index (χ3n) is 4.16. The van der Waals surface area contributed by atoms with Crippen LogP contribution in [-0.4, -0.2) is 33.6 Å². The van der Waals surface area contributed by atoms with Crippen LogP contribution in [0.5, 0.6) is 5.75 Å². The van der Waals surface area contributed by atoms with E-state index in [0.29, 0.717) is 26.1 Å². The zero-order valence-corrected chi connectivity index (χ0v) is 15.6. The van der Waals surface area contributed by atoms with E-state index in [1.807, 2.05) is 37.3 Å². The number of aryl methyl sites for hydroxylation is 1. The van der Waals surface area contributed by atoms with Crippen LogP contribution in [0, 0.1) is 0 Å². The molecule has 3 aromatic rings. The van der Waals surface area contributed by atoms with Gasteiger partial charge in [-0.15, -0.1) is 0 Å². The molecule has 0 aliphatic carbocycles. The normalized spacial score (nSPS) is 10.8. The summed E-state index contributed by atoms with van der Waals surface area (Å²) in [6.07, 6.45) is 2.73. The highest BCUT2D eigenvalue weighted by atomic mass is 16.5. The second kappa shape index (κ2) is 8.98. The van der Waals surface area contributed by atoms with Crippen LogP contribution >= 0.6 is 0 Å². The number of rotatable bonds is 8. The zero-order chi connectivity index (χ0) is 19.9. The van der Waals surface area contributed by atoms with Gasteiger partial charge in [0.15, 0.2) is 0 Å². The lowest BCUT2D eigenvalue weighted by Crippen LogP contribution is -2.31. The van der Waals surface area contributed by atoms with E-state index in [-0.39, 0.29) is 22.5 Å². The fourth-order valence-electron chi connectivity index (χ4n) is 2.81. The first-order chi connectivity index (χ1) is 13.6. The van der Waals surface area contributed by atoms with E-state index in [1.54, 1.807) is 0 Å². The van der Waals surface area contributed by atoms with Crippen molar-refractivity contribution in [2.24, 2.45) is 0 Å². The second-order valence-corrected chi connectivity index (χ2v) is 6.28. The average Bonchev–Trinajstić information content (AvgIpc) is 2.71. The van der Waals surface area contributed by atoms with Gasteiger partial charge in [0, 0.05) is 19.3 Å². The molecule has 0 aliphatic rings. The van der Waals surface area contributed by atoms with E-state index < -0.39 is 11.2 Å². The number of hydrogen-bond acceptors (Lipinski definition) is 5. The van der Waals surface area contributed by atoms with Gasteiger partial charge >= 0.3 is 5.69 Å². The number of H-pyrrole nitrogens is 1. The maximum Gasteiger partial charge on any atom is 0.329 e. The summed E-state index contributed by atoms with van der Waals surface area (Å²) in [5.41, 5.74) is -0.500. The lowest BCUT2D eigenvalue weighted by Gasteiger charge is -2.09. The van der Waals surface area contributed by atoms with Crippen LogP contribution in [0.3, 0.4) is 0 Å². The minimum atomic E-state index is -0.550. The fourth-order valence-corrected chi connectivity index (χ4v) is 2.81. The molecular formula is C20H22N4O4. The Bertz CT molecular complexity index is 1070. The number of carbonyl (C=O) groups excluding carboxylic acids is 1. The molecular weight excluding hydrogens is 360 g/mol. The molecule has 0 bridgehead atoms. The summed E-state index contributed by atoms with van der Waals surface area (Å²) in [4.78, 5) is 42.8. The molecule has 2 heterocycles. The van der Waals surface area contributed by atoms with Crippen molar-refractivity contribution in [3.8, 4) is 5.75 Å². The van der Waals surface area contributed by atoms with E-state index in [1.165, 1.54) is 16.8 Å². The van der Waals surface area contributed by atoms with Crippen molar-refractivity contribution in [3.63, 3.8) is 0 Å². The first-order valence-corrected chi connectivity index (χ1v) is 9.19. The van der Waals surface area contributed by atoms with E-state index >= 15 is 0 Å². The Labute approximate surface area is 161 Å². The molecule has 0 unspecified atom stereocenters. The molecule has 146 valence electrons. The number of nitrogens with one attached hydrogen (secondary N) is 2. The number of hydrogen-bond donors (Lipinski definition) is 2. The number of para-hydroxylation sites is 1. The highest BCUT2D eigenvalue weighted by Crippen LogP contribution is 2.09. The van der Waals surface area contributed by atoms with E-state index in [2.05, 4.69) is 15.3 Å². The number of amides is 1. The van der Waals surface area contributed by atoms with Crippen LogP contribution in [0.2, 0.25) is 0 Å². The van der Waals surface area contributed by atoms with Gasteiger partial charge in [0.05, 0.1) is 17.6 Å². The zero-order valence-electron chi connectivity index (χ0n) is 15.6. The van der Waals surface area contributed by atoms with Crippen LogP contribution in [0.1, 0.15) is 30.1 Å². The average molecular weight is 382 g/mol. The van der Waals surface area contributed by atoms with Gasteiger partial charge in [-0.3, -0.25) is 19.1 Å². The number of aromatic nitrogens is 3. The van der Waals surface area contributed by atoms with Crippen LogP contribution < -0.4 is 21.3 Å². The number of benzene rings is 1. The molecule has 0 saturated heterocycles. The molecule has 8 heteroatoms. The van der Waals surface area contributed by atoms with Gasteiger partial charge in [-0.05, 0) is 31.0 Å². The fraction of sp³-hybridized carbons (Fsp3) is 0.300. The van der Waals surface area contributed by atoms with E-state index in [4.69, 9.17) is 4.74 Å². The van der Waals surface area contributed by atoms with Gasteiger partial charge in [-0.2, -0.15) is 0 Å². The highest BCUT2D eigenvalue weighted by molar-refractivity contribution is 5.96. The molecule has 28 heavy (non-hydrogen) atoms. The van der Waals surface area contributed by atoms with Gasteiger partial charge in [0.1, 0.15) is 11.4 Å². The standard InChI is InChI=1S/C20H22N4O4/c1-2-10-24-17-16(19(26)23-20(24)27)12-14(13-22-17)18(25)21-9-6-11-28-15-7-4-3-5-8-15/h3-5,7-8,12-13H,2,6,9-11H2,1H3,(H,21,25)(H,23,26,27). The molecule has 0 spiro atoms. The lowest BCUT2D eigenvalue weighted by molar-refractivity contribution is 0.0951. The van der Waals surface area contributed by atoms with Crippen molar-refractivity contribution in [3.05, 3.63) is 69.0 Å². The molecule has 2 aromatic heterocycles. The summed E-state index contributed by atoms with van der Waals surface area (Å²) in [6.45, 7) is 3.26. The van der Waals surface area contributed by atoms with Gasteiger partial charge in [-0.1, -0.05) is 25.1 Å². The Morgan fingerprint density at radius 1 is 1.25 bits per heavy atom. The number of nitrogens with zero attached hydrogens (tertiary/aromatic N) is 2. The predicted octanol–water partition coefficient (Wildman–Crippen LogP) is 1.69. The predicted molar refractivity (Wildman–Crippen MR) is 106 cm³/mol. The van der Waals surface area contributed by atoms with Crippen molar-refractivity contribution in [2.45, 2.75) is 26.3 Å². The molecule has 3 rings (SSSR count). The molecule has 1 aromatic carbocycles. The van der Waals surface area contributed by atoms with Gasteiger partial charge in [0.2, 0.25) is 0 Å². The second-order valence-electron chi connectivity index (χ2n) is 6.28. The SMILES string of the molecule is CCCn1c(=O)[nH]c(=O)c2cc(C(=O)NCCCOc3ccccc3)cnc21. The molecule has 0 atom stereocenters. The number of carbonyl (C=O) groups is 1. The van der Waals surface area contributed by atoms with Gasteiger partial charge < -0.3 is 10.1 Å². The summed E-state index contributed by atoms with van der Waals surface area (Å²) in [6, 6.07) is 10.9. The summed E-state index contributed by atoms with van der Waals surface area (Å²) in [5.74, 6) is 0.451. The van der Waals surface area contributed by atoms with Crippen molar-refractivity contribution >= 4 is 16.9 Å². The van der Waals surface area contributed by atoms with Crippen molar-refractivity contribution < 1.29 is 9.53 Å². The van der Waals surface area contributed by atoms with Crippen LogP contribution in [0.25, 0.3) is 11.0 Å². The smallest absolute Gasteiger partial charge is 0.329 e. The first kappa shape index (κ1) is 19.3.